The van der Waals surface area contributed by atoms with E-state index in [1.54, 1.807) is 6.92 Å². The zero-order chi connectivity index (χ0) is 29.1. The third-order valence-electron chi connectivity index (χ3n) is 4.12. The predicted octanol–water partition coefficient (Wildman–Crippen LogP) is 0.446. The summed E-state index contributed by atoms with van der Waals surface area (Å²) in [6, 6.07) is 5.37. The highest BCUT2D eigenvalue weighted by atomic mass is 32.2. The number of guanidine groups is 1. The van der Waals surface area contributed by atoms with Crippen LogP contribution in [0.1, 0.15) is 11.3 Å². The van der Waals surface area contributed by atoms with Crippen LogP contribution in [0.4, 0.5) is 27.6 Å². The van der Waals surface area contributed by atoms with Crippen LogP contribution >= 0.6 is 0 Å². The van der Waals surface area contributed by atoms with E-state index in [-0.39, 0.29) is 36.9 Å². The molecule has 2 aromatic rings. The second-order valence-corrected chi connectivity index (χ2v) is 8.97. The van der Waals surface area contributed by atoms with E-state index in [4.69, 9.17) is 21.1 Å². The van der Waals surface area contributed by atoms with Crippen LogP contribution in [-0.2, 0) is 36.7 Å². The number of nitrogens with zero attached hydrogens (tertiary/aromatic N) is 2. The number of aromatic nitrogens is 1. The van der Waals surface area contributed by atoms with Crippen LogP contribution < -0.4 is 27.1 Å². The molecule has 1 aromatic carbocycles. The summed E-state index contributed by atoms with van der Waals surface area (Å²) in [5, 5.41) is 5.77. The first-order chi connectivity index (χ1) is 17.5. The number of aryl methyl sites for hydroxylation is 1. The average molecular weight is 570 g/mol. The topological polar surface area (TPSA) is 188 Å². The number of rotatable bonds is 10. The van der Waals surface area contributed by atoms with Crippen molar-refractivity contribution in [3.63, 3.8) is 0 Å². The Labute approximate surface area is 212 Å². The number of anilines is 1. The minimum atomic E-state index is -4.64. The molecule has 0 atom stereocenters. The van der Waals surface area contributed by atoms with E-state index in [0.29, 0.717) is 5.69 Å². The Morgan fingerprint density at radius 3 is 2.34 bits per heavy atom. The van der Waals surface area contributed by atoms with Crippen LogP contribution in [0.3, 0.4) is 0 Å². The van der Waals surface area contributed by atoms with Crippen molar-refractivity contribution < 1.29 is 44.8 Å². The fraction of sp³-hybridized carbons (Fsp3) is 0.300. The molecule has 12 nitrogen and oxygen atoms in total. The summed E-state index contributed by atoms with van der Waals surface area (Å²) in [5.74, 6) is -3.80. The van der Waals surface area contributed by atoms with Gasteiger partial charge < -0.3 is 26.2 Å². The standard InChI is InChI=1S/C18H22F2N6O5S.C2HF3O/c1-11-2-5-15(25-32(29,30)10-12-3-4-13(19)14(20)8-12)17(28)26(11)9-16(27)23-6-7-31-24-18(21)22;3-2(4,5)1-6/h2-5,8,25H,6-7,9-10H2,1H3,(H,23,27)(H4,21,22,24);1H. The van der Waals surface area contributed by atoms with Crippen LogP contribution in [0.15, 0.2) is 40.3 Å². The molecular formula is C20H23F5N6O6S. The normalized spacial score (nSPS) is 11.0. The summed E-state index contributed by atoms with van der Waals surface area (Å²) in [6.45, 7) is 1.23. The van der Waals surface area contributed by atoms with Gasteiger partial charge in [0.2, 0.25) is 28.2 Å². The van der Waals surface area contributed by atoms with Crippen molar-refractivity contribution in [1.82, 2.24) is 9.88 Å². The largest absolute Gasteiger partial charge is 0.446 e. The number of amides is 1. The van der Waals surface area contributed by atoms with Gasteiger partial charge in [-0.1, -0.05) is 6.07 Å². The van der Waals surface area contributed by atoms with E-state index >= 15 is 0 Å². The smallest absolute Gasteiger partial charge is 0.391 e. The molecule has 0 aliphatic rings. The van der Waals surface area contributed by atoms with Crippen molar-refractivity contribution in [3.8, 4) is 0 Å². The molecule has 1 aromatic heterocycles. The van der Waals surface area contributed by atoms with E-state index in [1.165, 1.54) is 12.1 Å². The zero-order valence-corrected chi connectivity index (χ0v) is 20.4. The van der Waals surface area contributed by atoms with Gasteiger partial charge >= 0.3 is 6.18 Å². The molecule has 38 heavy (non-hydrogen) atoms. The van der Waals surface area contributed by atoms with E-state index in [0.717, 1.165) is 22.8 Å². The first-order valence-electron chi connectivity index (χ1n) is 10.2. The maximum atomic E-state index is 13.3. The zero-order valence-electron chi connectivity index (χ0n) is 19.6. The van der Waals surface area contributed by atoms with Crippen LogP contribution in [0, 0.1) is 18.6 Å². The van der Waals surface area contributed by atoms with Gasteiger partial charge in [-0.2, -0.15) is 13.2 Å². The van der Waals surface area contributed by atoms with Gasteiger partial charge in [-0.15, -0.1) is 0 Å². The molecule has 210 valence electrons. The van der Waals surface area contributed by atoms with Crippen molar-refractivity contribution in [1.29, 1.82) is 0 Å². The first kappa shape index (κ1) is 31.8. The second kappa shape index (κ2) is 13.9. The van der Waals surface area contributed by atoms with Gasteiger partial charge in [0, 0.05) is 5.69 Å². The molecule has 2 rings (SSSR count). The molecule has 0 aliphatic heterocycles. The summed E-state index contributed by atoms with van der Waals surface area (Å²) < 4.78 is 85.6. The molecule has 0 spiro atoms. The predicted molar refractivity (Wildman–Crippen MR) is 125 cm³/mol. The van der Waals surface area contributed by atoms with E-state index in [1.807, 2.05) is 0 Å². The van der Waals surface area contributed by atoms with E-state index in [9.17, 15) is 40.0 Å². The highest BCUT2D eigenvalue weighted by molar-refractivity contribution is 7.91. The summed E-state index contributed by atoms with van der Waals surface area (Å²) in [5.41, 5.74) is 9.50. The van der Waals surface area contributed by atoms with Gasteiger partial charge in [-0.25, -0.2) is 17.2 Å². The van der Waals surface area contributed by atoms with Gasteiger partial charge in [0.15, 0.2) is 11.6 Å². The second-order valence-electron chi connectivity index (χ2n) is 7.25. The fourth-order valence-corrected chi connectivity index (χ4v) is 3.73. The van der Waals surface area contributed by atoms with E-state index < -0.39 is 51.3 Å². The van der Waals surface area contributed by atoms with Crippen molar-refractivity contribution >= 4 is 33.9 Å². The number of nitrogens with two attached hydrogens (primary N) is 2. The molecule has 0 radical (unpaired) electrons. The lowest BCUT2D eigenvalue weighted by atomic mass is 10.2. The Morgan fingerprint density at radius 1 is 1.16 bits per heavy atom. The molecule has 0 bridgehead atoms. The molecule has 0 saturated carbocycles. The molecule has 0 saturated heterocycles. The Hall–Kier alpha value is -4.22. The summed E-state index contributed by atoms with van der Waals surface area (Å²) in [7, 11) is -4.13. The molecular weight excluding hydrogens is 547 g/mol. The summed E-state index contributed by atoms with van der Waals surface area (Å²) >= 11 is 0. The Kier molecular flexibility index (Phi) is 11.6. The molecule has 0 unspecified atom stereocenters. The molecule has 0 fully saturated rings. The van der Waals surface area contributed by atoms with Gasteiger partial charge in [-0.3, -0.25) is 19.1 Å². The van der Waals surface area contributed by atoms with Crippen molar-refractivity contribution in [2.75, 3.05) is 17.9 Å². The number of carbonyl (C=O) groups excluding carboxylic acids is 2. The van der Waals surface area contributed by atoms with Crippen LogP contribution in [0.5, 0.6) is 0 Å². The number of hydrogen-bond acceptors (Lipinski definition) is 7. The number of carbonyl (C=O) groups is 2. The molecule has 0 aliphatic carbocycles. The Balaban J connectivity index is 0.00000107. The fourth-order valence-electron chi connectivity index (χ4n) is 2.55. The monoisotopic (exact) mass is 570 g/mol. The number of pyridine rings is 1. The number of aldehydes is 1. The lowest BCUT2D eigenvalue weighted by Gasteiger charge is -2.13. The van der Waals surface area contributed by atoms with Crippen LogP contribution in [-0.4, -0.2) is 50.5 Å². The van der Waals surface area contributed by atoms with Gasteiger partial charge in [0.25, 0.3) is 5.56 Å². The number of oxime groups is 1. The third kappa shape index (κ3) is 11.7. The SMILES string of the molecule is Cc1ccc(NS(=O)(=O)Cc2ccc(F)c(F)c2)c(=O)n1CC(=O)NCCON=C(N)N.O=CC(F)(F)F. The number of halogens is 5. The van der Waals surface area contributed by atoms with Crippen LogP contribution in [0.2, 0.25) is 0 Å². The molecule has 6 N–H and O–H groups in total. The van der Waals surface area contributed by atoms with Gasteiger partial charge in [-0.05, 0) is 41.9 Å². The van der Waals surface area contributed by atoms with Gasteiger partial charge in [0.05, 0.1) is 12.3 Å². The van der Waals surface area contributed by atoms with E-state index in [2.05, 4.69) is 15.2 Å². The number of benzene rings is 1. The molecule has 1 heterocycles. The first-order valence-corrected chi connectivity index (χ1v) is 11.9. The Morgan fingerprint density at radius 2 is 1.79 bits per heavy atom. The average Bonchev–Trinajstić information content (AvgIpc) is 2.80. The number of hydrogen-bond donors (Lipinski definition) is 4. The highest BCUT2D eigenvalue weighted by Gasteiger charge is 2.25. The van der Waals surface area contributed by atoms with Crippen molar-refractivity contribution in [2.45, 2.75) is 25.4 Å². The Bertz CT molecular complexity index is 1330. The minimum Gasteiger partial charge on any atom is -0.391 e. The lowest BCUT2D eigenvalue weighted by Crippen LogP contribution is -2.36. The minimum absolute atomic E-state index is 0.00818. The lowest BCUT2D eigenvalue weighted by molar-refractivity contribution is -0.156. The number of alkyl halides is 3. The maximum Gasteiger partial charge on any atom is 0.446 e. The molecule has 1 amide bonds. The van der Waals surface area contributed by atoms with Crippen molar-refractivity contribution in [3.05, 3.63) is 63.6 Å². The quantitative estimate of drug-likeness (QED) is 0.0791. The third-order valence-corrected chi connectivity index (χ3v) is 5.36. The van der Waals surface area contributed by atoms with Gasteiger partial charge in [0.1, 0.15) is 18.8 Å². The number of nitrogens with one attached hydrogen (secondary N) is 2. The molecule has 18 heteroatoms. The highest BCUT2D eigenvalue weighted by Crippen LogP contribution is 2.14. The maximum absolute atomic E-state index is 13.3. The number of sulfonamides is 1. The summed E-state index contributed by atoms with van der Waals surface area (Å²) in [6.07, 6.45) is -5.70. The van der Waals surface area contributed by atoms with Crippen molar-refractivity contribution in [2.24, 2.45) is 16.6 Å². The summed E-state index contributed by atoms with van der Waals surface area (Å²) in [4.78, 5) is 38.2. The van der Waals surface area contributed by atoms with Crippen LogP contribution in [0.25, 0.3) is 0 Å².